The third-order valence-electron chi connectivity index (χ3n) is 3.51. The van der Waals surface area contributed by atoms with Crippen LogP contribution in [0.1, 0.15) is 18.4 Å². The minimum Gasteiger partial charge on any atom is -0.399 e. The maximum absolute atomic E-state index is 12.0. The molecule has 0 aliphatic heterocycles. The number of nitrogens with two attached hydrogens (primary N) is 1. The molecule has 120 valence electrons. The van der Waals surface area contributed by atoms with Crippen molar-refractivity contribution in [3.05, 3.63) is 42.2 Å². The summed E-state index contributed by atoms with van der Waals surface area (Å²) in [5, 5.41) is 9.74. The molecular weight excluding hydrogens is 294 g/mol. The number of carbonyl (C=O) groups excluding carboxylic acids is 2. The van der Waals surface area contributed by atoms with E-state index in [0.29, 0.717) is 17.4 Å². The minimum atomic E-state index is -0.142. The van der Waals surface area contributed by atoms with Gasteiger partial charge in [-0.3, -0.25) is 14.3 Å². The van der Waals surface area contributed by atoms with Gasteiger partial charge in [0.05, 0.1) is 18.3 Å². The summed E-state index contributed by atoms with van der Waals surface area (Å²) in [4.78, 5) is 23.7. The SMILES string of the molecule is Nc1ccc(CC(=O)Nc2cnn(CC(=O)NC3CC3)c2)cc1. The summed E-state index contributed by atoms with van der Waals surface area (Å²) in [7, 11) is 0. The molecule has 0 radical (unpaired) electrons. The quantitative estimate of drug-likeness (QED) is 0.690. The predicted octanol–water partition coefficient (Wildman–Crippen LogP) is 0.925. The molecule has 1 saturated carbocycles. The molecule has 2 aromatic rings. The van der Waals surface area contributed by atoms with Crippen LogP contribution in [-0.2, 0) is 22.6 Å². The zero-order valence-electron chi connectivity index (χ0n) is 12.7. The van der Waals surface area contributed by atoms with Gasteiger partial charge in [-0.15, -0.1) is 0 Å². The van der Waals surface area contributed by atoms with Crippen LogP contribution in [0.25, 0.3) is 0 Å². The standard InChI is InChI=1S/C16H19N5O2/c17-12-3-1-11(2-4-12)7-15(22)20-14-8-18-21(9-14)10-16(23)19-13-5-6-13/h1-4,8-9,13H,5-7,10,17H2,(H,19,23)(H,20,22). The van der Waals surface area contributed by atoms with E-state index in [-0.39, 0.29) is 24.8 Å². The summed E-state index contributed by atoms with van der Waals surface area (Å²) < 4.78 is 1.51. The second-order valence-corrected chi connectivity index (χ2v) is 5.73. The van der Waals surface area contributed by atoms with E-state index in [2.05, 4.69) is 15.7 Å². The molecule has 0 atom stereocenters. The molecule has 1 aromatic heterocycles. The Morgan fingerprint density at radius 3 is 2.65 bits per heavy atom. The summed E-state index contributed by atoms with van der Waals surface area (Å²) >= 11 is 0. The van der Waals surface area contributed by atoms with Crippen LogP contribution >= 0.6 is 0 Å². The Kier molecular flexibility index (Phi) is 4.27. The molecule has 23 heavy (non-hydrogen) atoms. The summed E-state index contributed by atoms with van der Waals surface area (Å²) in [6.07, 6.45) is 5.54. The van der Waals surface area contributed by atoms with Crippen LogP contribution < -0.4 is 16.4 Å². The van der Waals surface area contributed by atoms with Gasteiger partial charge in [0.15, 0.2) is 0 Å². The van der Waals surface area contributed by atoms with Crippen molar-refractivity contribution in [3.8, 4) is 0 Å². The summed E-state index contributed by atoms with van der Waals surface area (Å²) in [6.45, 7) is 0.157. The number of rotatable bonds is 6. The summed E-state index contributed by atoms with van der Waals surface area (Å²) in [6, 6.07) is 7.50. The van der Waals surface area contributed by atoms with Gasteiger partial charge in [-0.05, 0) is 30.5 Å². The first-order valence-corrected chi connectivity index (χ1v) is 7.54. The molecule has 1 heterocycles. The Bertz CT molecular complexity index is 704. The van der Waals surface area contributed by atoms with Crippen LogP contribution in [0.3, 0.4) is 0 Å². The number of aromatic nitrogens is 2. The van der Waals surface area contributed by atoms with E-state index in [1.54, 1.807) is 18.3 Å². The average molecular weight is 313 g/mol. The van der Waals surface area contributed by atoms with Crippen LogP contribution in [0.15, 0.2) is 36.7 Å². The van der Waals surface area contributed by atoms with Gasteiger partial charge in [-0.1, -0.05) is 12.1 Å². The van der Waals surface area contributed by atoms with E-state index < -0.39 is 0 Å². The highest BCUT2D eigenvalue weighted by atomic mass is 16.2. The number of hydrogen-bond acceptors (Lipinski definition) is 4. The molecule has 1 aliphatic rings. The van der Waals surface area contributed by atoms with Crippen molar-refractivity contribution in [2.75, 3.05) is 11.1 Å². The van der Waals surface area contributed by atoms with Gasteiger partial charge < -0.3 is 16.4 Å². The van der Waals surface area contributed by atoms with Gasteiger partial charge in [0.1, 0.15) is 6.54 Å². The molecule has 7 nitrogen and oxygen atoms in total. The number of carbonyl (C=O) groups is 2. The number of anilines is 2. The molecular formula is C16H19N5O2. The monoisotopic (exact) mass is 313 g/mol. The van der Waals surface area contributed by atoms with Gasteiger partial charge in [0.25, 0.3) is 0 Å². The van der Waals surface area contributed by atoms with Crippen LogP contribution in [0.4, 0.5) is 11.4 Å². The molecule has 1 aromatic carbocycles. The number of benzene rings is 1. The molecule has 1 aliphatic carbocycles. The van der Waals surface area contributed by atoms with Crippen LogP contribution in [0, 0.1) is 0 Å². The number of nitrogens with one attached hydrogen (secondary N) is 2. The molecule has 7 heteroatoms. The number of nitrogen functional groups attached to an aromatic ring is 1. The van der Waals surface area contributed by atoms with Crippen LogP contribution in [0.2, 0.25) is 0 Å². The number of hydrogen-bond donors (Lipinski definition) is 3. The van der Waals surface area contributed by atoms with Crippen molar-refractivity contribution in [1.82, 2.24) is 15.1 Å². The Balaban J connectivity index is 1.50. The molecule has 4 N–H and O–H groups in total. The first-order valence-electron chi connectivity index (χ1n) is 7.54. The second kappa shape index (κ2) is 6.51. The van der Waals surface area contributed by atoms with Gasteiger partial charge in [-0.25, -0.2) is 0 Å². The molecule has 2 amide bonds. The summed E-state index contributed by atoms with van der Waals surface area (Å²) in [5.41, 5.74) is 7.74. The lowest BCUT2D eigenvalue weighted by Gasteiger charge is -2.04. The molecule has 0 spiro atoms. The second-order valence-electron chi connectivity index (χ2n) is 5.73. The average Bonchev–Trinajstić information content (AvgIpc) is 3.20. The highest BCUT2D eigenvalue weighted by Crippen LogP contribution is 2.18. The lowest BCUT2D eigenvalue weighted by Crippen LogP contribution is -2.29. The largest absolute Gasteiger partial charge is 0.399 e. The fraction of sp³-hybridized carbons (Fsp3) is 0.312. The first kappa shape index (κ1) is 15.1. The summed E-state index contributed by atoms with van der Waals surface area (Å²) in [5.74, 6) is -0.202. The Hall–Kier alpha value is -2.83. The fourth-order valence-electron chi connectivity index (χ4n) is 2.19. The Labute approximate surface area is 133 Å². The topological polar surface area (TPSA) is 102 Å². The minimum absolute atomic E-state index is 0.0599. The van der Waals surface area contributed by atoms with Crippen LogP contribution in [-0.4, -0.2) is 27.6 Å². The van der Waals surface area contributed by atoms with Gasteiger partial charge in [-0.2, -0.15) is 5.10 Å². The zero-order valence-corrected chi connectivity index (χ0v) is 12.7. The smallest absolute Gasteiger partial charge is 0.241 e. The molecule has 0 bridgehead atoms. The maximum Gasteiger partial charge on any atom is 0.241 e. The van der Waals surface area contributed by atoms with Gasteiger partial charge in [0.2, 0.25) is 11.8 Å². The van der Waals surface area contributed by atoms with Crippen molar-refractivity contribution in [2.24, 2.45) is 0 Å². The van der Waals surface area contributed by atoms with E-state index in [0.717, 1.165) is 18.4 Å². The van der Waals surface area contributed by atoms with Gasteiger partial charge in [0, 0.05) is 17.9 Å². The Morgan fingerprint density at radius 1 is 1.22 bits per heavy atom. The van der Waals surface area contributed by atoms with E-state index in [1.807, 2.05) is 12.1 Å². The van der Waals surface area contributed by atoms with E-state index in [9.17, 15) is 9.59 Å². The normalized spacial score (nSPS) is 13.6. The lowest BCUT2D eigenvalue weighted by atomic mass is 10.1. The van der Waals surface area contributed by atoms with E-state index in [4.69, 9.17) is 5.73 Å². The lowest BCUT2D eigenvalue weighted by molar-refractivity contribution is -0.122. The van der Waals surface area contributed by atoms with Crippen molar-refractivity contribution in [3.63, 3.8) is 0 Å². The Morgan fingerprint density at radius 2 is 1.96 bits per heavy atom. The highest BCUT2D eigenvalue weighted by molar-refractivity contribution is 5.92. The molecule has 3 rings (SSSR count). The predicted molar refractivity (Wildman–Crippen MR) is 86.6 cm³/mol. The van der Waals surface area contributed by atoms with Crippen LogP contribution in [0.5, 0.6) is 0 Å². The number of nitrogens with zero attached hydrogens (tertiary/aromatic N) is 2. The van der Waals surface area contributed by atoms with Crippen molar-refractivity contribution in [1.29, 1.82) is 0 Å². The third-order valence-corrected chi connectivity index (χ3v) is 3.51. The first-order chi connectivity index (χ1) is 11.1. The van der Waals surface area contributed by atoms with Gasteiger partial charge >= 0.3 is 0 Å². The van der Waals surface area contributed by atoms with Crippen molar-refractivity contribution in [2.45, 2.75) is 31.8 Å². The fourth-order valence-corrected chi connectivity index (χ4v) is 2.19. The zero-order chi connectivity index (χ0) is 16.2. The third kappa shape index (κ3) is 4.57. The highest BCUT2D eigenvalue weighted by Gasteiger charge is 2.23. The molecule has 0 unspecified atom stereocenters. The molecule has 1 fully saturated rings. The van der Waals surface area contributed by atoms with E-state index >= 15 is 0 Å². The maximum atomic E-state index is 12.0. The molecule has 0 saturated heterocycles. The van der Waals surface area contributed by atoms with E-state index in [1.165, 1.54) is 10.9 Å². The van der Waals surface area contributed by atoms with Crippen molar-refractivity contribution >= 4 is 23.2 Å². The number of amides is 2. The van der Waals surface area contributed by atoms with Crippen molar-refractivity contribution < 1.29 is 9.59 Å².